The molecule has 0 spiro atoms. The summed E-state index contributed by atoms with van der Waals surface area (Å²) in [5, 5.41) is 10.7. The summed E-state index contributed by atoms with van der Waals surface area (Å²) in [4.78, 5) is 11.0. The molecule has 1 aromatic heterocycles. The molecule has 1 saturated heterocycles. The van der Waals surface area contributed by atoms with Crippen molar-refractivity contribution in [2.45, 2.75) is 31.3 Å². The van der Waals surface area contributed by atoms with Crippen LogP contribution in [-0.2, 0) is 24.3 Å². The number of ether oxygens (including phenoxy) is 2. The van der Waals surface area contributed by atoms with E-state index in [1.54, 1.807) is 6.92 Å². The molecule has 1 aromatic carbocycles. The van der Waals surface area contributed by atoms with E-state index in [0.717, 1.165) is 11.3 Å². The highest BCUT2D eigenvalue weighted by atomic mass is 32.2. The number of benzene rings is 1. The van der Waals surface area contributed by atoms with E-state index in [2.05, 4.69) is 20.2 Å². The molecule has 1 aliphatic rings. The van der Waals surface area contributed by atoms with Crippen molar-refractivity contribution in [3.8, 4) is 0 Å². The van der Waals surface area contributed by atoms with E-state index in [4.69, 9.17) is 9.47 Å². The predicted octanol–water partition coefficient (Wildman–Crippen LogP) is 1.69. The SMILES string of the molecule is CC(=O)Nc1ccc(S(=O)(=O)Nc2nnc(C3OC(C)O3)s2)cc1. The van der Waals surface area contributed by atoms with Gasteiger partial charge in [0.2, 0.25) is 17.3 Å². The average molecular weight is 370 g/mol. The number of nitrogens with zero attached hydrogens (tertiary/aromatic N) is 2. The molecule has 11 heteroatoms. The fraction of sp³-hybridized carbons (Fsp3) is 0.308. The summed E-state index contributed by atoms with van der Waals surface area (Å²) in [5.41, 5.74) is 0.507. The van der Waals surface area contributed by atoms with Gasteiger partial charge < -0.3 is 14.8 Å². The lowest BCUT2D eigenvalue weighted by Gasteiger charge is -2.31. The minimum atomic E-state index is -3.81. The third-order valence-corrected chi connectivity index (χ3v) is 5.32. The van der Waals surface area contributed by atoms with Gasteiger partial charge in [-0.2, -0.15) is 0 Å². The molecule has 2 aromatic rings. The Bertz CT molecular complexity index is 844. The van der Waals surface area contributed by atoms with Crippen LogP contribution in [-0.4, -0.2) is 30.8 Å². The smallest absolute Gasteiger partial charge is 0.263 e. The number of carbonyl (C=O) groups is 1. The Labute approximate surface area is 142 Å². The van der Waals surface area contributed by atoms with Gasteiger partial charge in [0.05, 0.1) is 4.90 Å². The van der Waals surface area contributed by atoms with E-state index < -0.39 is 16.3 Å². The molecule has 2 heterocycles. The van der Waals surface area contributed by atoms with Crippen LogP contribution in [0.2, 0.25) is 0 Å². The second-order valence-electron chi connectivity index (χ2n) is 4.93. The van der Waals surface area contributed by atoms with Crippen LogP contribution in [0.3, 0.4) is 0 Å². The zero-order valence-corrected chi connectivity index (χ0v) is 14.3. The van der Waals surface area contributed by atoms with Gasteiger partial charge in [-0.3, -0.25) is 9.52 Å². The number of rotatable bonds is 5. The Morgan fingerprint density at radius 2 is 1.88 bits per heavy atom. The first-order chi connectivity index (χ1) is 11.3. The summed E-state index contributed by atoms with van der Waals surface area (Å²) in [6.07, 6.45) is -0.908. The average Bonchev–Trinajstić information content (AvgIpc) is 2.91. The molecule has 0 unspecified atom stereocenters. The van der Waals surface area contributed by atoms with Crippen LogP contribution in [0.25, 0.3) is 0 Å². The molecular weight excluding hydrogens is 356 g/mol. The molecule has 2 N–H and O–H groups in total. The summed E-state index contributed by atoms with van der Waals surface area (Å²) in [6, 6.07) is 5.77. The second kappa shape index (κ2) is 6.43. The van der Waals surface area contributed by atoms with Gasteiger partial charge in [-0.15, -0.1) is 10.2 Å². The lowest BCUT2D eigenvalue weighted by Crippen LogP contribution is -2.31. The number of anilines is 2. The zero-order chi connectivity index (χ0) is 17.3. The fourth-order valence-electron chi connectivity index (χ4n) is 1.94. The van der Waals surface area contributed by atoms with E-state index in [9.17, 15) is 13.2 Å². The Morgan fingerprint density at radius 1 is 1.21 bits per heavy atom. The molecule has 0 atom stereocenters. The number of carbonyl (C=O) groups excluding carboxylic acids is 1. The summed E-state index contributed by atoms with van der Waals surface area (Å²) < 4.78 is 37.5. The molecule has 9 nitrogen and oxygen atoms in total. The van der Waals surface area contributed by atoms with Crippen LogP contribution in [0.15, 0.2) is 29.2 Å². The molecule has 1 fully saturated rings. The number of amides is 1. The topological polar surface area (TPSA) is 120 Å². The lowest BCUT2D eigenvalue weighted by atomic mass is 10.3. The van der Waals surface area contributed by atoms with Crippen LogP contribution < -0.4 is 10.0 Å². The first-order valence-corrected chi connectivity index (χ1v) is 9.18. The highest BCUT2D eigenvalue weighted by Gasteiger charge is 2.32. The van der Waals surface area contributed by atoms with Crippen molar-refractivity contribution < 1.29 is 22.7 Å². The van der Waals surface area contributed by atoms with Crippen LogP contribution in [0.1, 0.15) is 25.1 Å². The van der Waals surface area contributed by atoms with Crippen molar-refractivity contribution in [1.82, 2.24) is 10.2 Å². The molecule has 3 rings (SSSR count). The summed E-state index contributed by atoms with van der Waals surface area (Å²) in [5.74, 6) is -0.236. The van der Waals surface area contributed by atoms with Crippen LogP contribution >= 0.6 is 11.3 Å². The van der Waals surface area contributed by atoms with E-state index >= 15 is 0 Å². The van der Waals surface area contributed by atoms with E-state index in [0.29, 0.717) is 10.7 Å². The van der Waals surface area contributed by atoms with E-state index in [1.807, 2.05) is 0 Å². The van der Waals surface area contributed by atoms with Crippen LogP contribution in [0, 0.1) is 0 Å². The van der Waals surface area contributed by atoms with Gasteiger partial charge >= 0.3 is 0 Å². The van der Waals surface area contributed by atoms with Gasteiger partial charge in [-0.25, -0.2) is 8.42 Å². The van der Waals surface area contributed by atoms with Crippen LogP contribution in [0.4, 0.5) is 10.8 Å². The third kappa shape index (κ3) is 3.70. The predicted molar refractivity (Wildman–Crippen MR) is 85.8 cm³/mol. The summed E-state index contributed by atoms with van der Waals surface area (Å²) >= 11 is 1.03. The quantitative estimate of drug-likeness (QED) is 0.822. The maximum absolute atomic E-state index is 12.3. The van der Waals surface area contributed by atoms with Gasteiger partial charge in [-0.1, -0.05) is 11.3 Å². The standard InChI is InChI=1S/C13H14N4O5S2/c1-7(18)14-9-3-5-10(6-4-9)24(19,20)17-13-16-15-11(23-13)12-21-8(2)22-12/h3-6,8,12H,1-2H3,(H,14,18)(H,16,17). The summed E-state index contributed by atoms with van der Waals surface area (Å²) in [7, 11) is -3.81. The molecule has 24 heavy (non-hydrogen) atoms. The Morgan fingerprint density at radius 3 is 2.46 bits per heavy atom. The van der Waals surface area contributed by atoms with E-state index in [1.165, 1.54) is 31.2 Å². The van der Waals surface area contributed by atoms with Gasteiger partial charge in [0, 0.05) is 12.6 Å². The lowest BCUT2D eigenvalue weighted by molar-refractivity contribution is -0.382. The largest absolute Gasteiger partial charge is 0.326 e. The van der Waals surface area contributed by atoms with Crippen molar-refractivity contribution in [3.63, 3.8) is 0 Å². The normalized spacial score (nSPS) is 20.2. The number of hydrogen-bond donors (Lipinski definition) is 2. The maximum atomic E-state index is 12.3. The molecule has 0 radical (unpaired) electrons. The van der Waals surface area contributed by atoms with Gasteiger partial charge in [0.15, 0.2) is 11.3 Å². The first-order valence-electron chi connectivity index (χ1n) is 6.88. The summed E-state index contributed by atoms with van der Waals surface area (Å²) in [6.45, 7) is 3.11. The zero-order valence-electron chi connectivity index (χ0n) is 12.7. The highest BCUT2D eigenvalue weighted by Crippen LogP contribution is 2.34. The maximum Gasteiger partial charge on any atom is 0.263 e. The number of aromatic nitrogens is 2. The monoisotopic (exact) mass is 370 g/mol. The minimum Gasteiger partial charge on any atom is -0.326 e. The second-order valence-corrected chi connectivity index (χ2v) is 7.62. The molecule has 1 amide bonds. The van der Waals surface area contributed by atoms with Crippen molar-refractivity contribution in [3.05, 3.63) is 29.3 Å². The fourth-order valence-corrected chi connectivity index (χ4v) is 3.89. The van der Waals surface area contributed by atoms with Gasteiger partial charge in [0.1, 0.15) is 0 Å². The molecule has 128 valence electrons. The van der Waals surface area contributed by atoms with Gasteiger partial charge in [-0.05, 0) is 31.2 Å². The Hall–Kier alpha value is -2.08. The number of hydrogen-bond acceptors (Lipinski definition) is 8. The molecule has 1 aliphatic heterocycles. The minimum absolute atomic E-state index is 0.0399. The third-order valence-electron chi connectivity index (χ3n) is 2.98. The molecule has 0 saturated carbocycles. The Balaban J connectivity index is 1.70. The van der Waals surface area contributed by atoms with Crippen molar-refractivity contribution >= 4 is 38.1 Å². The van der Waals surface area contributed by atoms with Gasteiger partial charge in [0.25, 0.3) is 10.0 Å². The number of nitrogens with one attached hydrogen (secondary N) is 2. The molecular formula is C13H14N4O5S2. The van der Waals surface area contributed by atoms with Crippen molar-refractivity contribution in [2.24, 2.45) is 0 Å². The van der Waals surface area contributed by atoms with Crippen molar-refractivity contribution in [1.29, 1.82) is 0 Å². The Kier molecular flexibility index (Phi) is 4.49. The number of sulfonamides is 1. The first kappa shape index (κ1) is 16.8. The molecule has 0 aliphatic carbocycles. The van der Waals surface area contributed by atoms with Crippen molar-refractivity contribution in [2.75, 3.05) is 10.0 Å². The van der Waals surface area contributed by atoms with Crippen LogP contribution in [0.5, 0.6) is 0 Å². The van der Waals surface area contributed by atoms with E-state index in [-0.39, 0.29) is 22.2 Å². The highest BCUT2D eigenvalue weighted by molar-refractivity contribution is 7.93. The molecule has 0 bridgehead atoms.